The topological polar surface area (TPSA) is 69.2 Å². The van der Waals surface area contributed by atoms with E-state index in [1.807, 2.05) is 0 Å². The molecule has 3 rings (SSSR count). The molecule has 26 heavy (non-hydrogen) atoms. The number of rotatable bonds is 5. The molecule has 2 N–H and O–H groups in total. The first kappa shape index (κ1) is 18.8. The van der Waals surface area contributed by atoms with Crippen molar-refractivity contribution < 1.29 is 14.3 Å². The number of benzene rings is 1. The van der Waals surface area contributed by atoms with Gasteiger partial charge >= 0.3 is 5.97 Å². The number of hydrogen-bond donors (Lipinski definition) is 2. The smallest absolute Gasteiger partial charge is 0.303 e. The summed E-state index contributed by atoms with van der Waals surface area (Å²) in [7, 11) is 0. The summed E-state index contributed by atoms with van der Waals surface area (Å²) >= 11 is 0. The van der Waals surface area contributed by atoms with E-state index in [0.29, 0.717) is 11.9 Å². The molecule has 2 atom stereocenters. The second-order valence-corrected chi connectivity index (χ2v) is 8.75. The van der Waals surface area contributed by atoms with Gasteiger partial charge in [0.25, 0.3) is 0 Å². The Balaban J connectivity index is 1.77. The maximum atomic E-state index is 13.4. The quantitative estimate of drug-likeness (QED) is 0.852. The van der Waals surface area contributed by atoms with Crippen LogP contribution in [0.2, 0.25) is 0 Å². The number of aromatic nitrogens is 2. The zero-order valence-electron chi connectivity index (χ0n) is 15.8. The van der Waals surface area contributed by atoms with Crippen LogP contribution in [0.1, 0.15) is 39.4 Å². The number of imidazole rings is 1. The first-order valence-corrected chi connectivity index (χ1v) is 9.28. The summed E-state index contributed by atoms with van der Waals surface area (Å²) in [5.74, 6) is 0.159. The lowest BCUT2D eigenvalue weighted by Gasteiger charge is -2.40. The molecule has 1 saturated heterocycles. The van der Waals surface area contributed by atoms with Gasteiger partial charge in [-0.05, 0) is 48.4 Å². The molecule has 1 aromatic heterocycles. The van der Waals surface area contributed by atoms with E-state index in [0.717, 1.165) is 37.4 Å². The standard InChI is InChI=1S/C20H28FN3O2/c1-20(2,3)12-24-7-6-13(9-19(25)26)14(11-24)8-18-22-16-5-4-15(21)10-17(16)23-18/h4-5,10,13-14H,6-9,11-12H2,1-3H3,(H,22,23)(H,25,26)/t13-,14-/m0/s1. The summed E-state index contributed by atoms with van der Waals surface area (Å²) in [5, 5.41) is 9.27. The molecule has 0 unspecified atom stereocenters. The average molecular weight is 361 g/mol. The molecule has 142 valence electrons. The van der Waals surface area contributed by atoms with Crippen LogP contribution >= 0.6 is 0 Å². The van der Waals surface area contributed by atoms with Crippen LogP contribution in [-0.4, -0.2) is 45.6 Å². The van der Waals surface area contributed by atoms with Gasteiger partial charge in [-0.15, -0.1) is 0 Å². The van der Waals surface area contributed by atoms with Crippen LogP contribution in [0.5, 0.6) is 0 Å². The molecule has 0 amide bonds. The van der Waals surface area contributed by atoms with Gasteiger partial charge in [0, 0.05) is 25.9 Å². The van der Waals surface area contributed by atoms with Crippen molar-refractivity contribution >= 4 is 17.0 Å². The van der Waals surface area contributed by atoms with Crippen LogP contribution in [0.25, 0.3) is 11.0 Å². The number of nitrogens with one attached hydrogen (secondary N) is 1. The number of aliphatic carboxylic acids is 1. The minimum Gasteiger partial charge on any atom is -0.481 e. The second kappa shape index (κ2) is 7.35. The third kappa shape index (κ3) is 4.81. The number of carbonyl (C=O) groups is 1. The zero-order chi connectivity index (χ0) is 18.9. The fraction of sp³-hybridized carbons (Fsp3) is 0.600. The van der Waals surface area contributed by atoms with Crippen molar-refractivity contribution in [2.45, 2.75) is 40.0 Å². The van der Waals surface area contributed by atoms with Gasteiger partial charge < -0.3 is 15.0 Å². The molecule has 2 heterocycles. The Morgan fingerprint density at radius 2 is 2.15 bits per heavy atom. The van der Waals surface area contributed by atoms with Crippen LogP contribution in [-0.2, 0) is 11.2 Å². The summed E-state index contributed by atoms with van der Waals surface area (Å²) in [6, 6.07) is 4.53. The highest BCUT2D eigenvalue weighted by Crippen LogP contribution is 2.31. The maximum absolute atomic E-state index is 13.4. The summed E-state index contributed by atoms with van der Waals surface area (Å²) in [6.45, 7) is 9.48. The highest BCUT2D eigenvalue weighted by molar-refractivity contribution is 5.74. The van der Waals surface area contributed by atoms with Crippen LogP contribution in [0.4, 0.5) is 4.39 Å². The molecule has 0 saturated carbocycles. The van der Waals surface area contributed by atoms with Crippen LogP contribution in [0.15, 0.2) is 18.2 Å². The highest BCUT2D eigenvalue weighted by atomic mass is 19.1. The van der Waals surface area contributed by atoms with Gasteiger partial charge in [0.05, 0.1) is 11.0 Å². The number of H-pyrrole nitrogens is 1. The van der Waals surface area contributed by atoms with E-state index < -0.39 is 5.97 Å². The van der Waals surface area contributed by atoms with E-state index in [4.69, 9.17) is 0 Å². The van der Waals surface area contributed by atoms with Gasteiger partial charge in [-0.3, -0.25) is 4.79 Å². The minimum absolute atomic E-state index is 0.147. The van der Waals surface area contributed by atoms with Crippen molar-refractivity contribution in [3.63, 3.8) is 0 Å². The van der Waals surface area contributed by atoms with Gasteiger partial charge in [0.15, 0.2) is 0 Å². The molecule has 1 aliphatic rings. The lowest BCUT2D eigenvalue weighted by Crippen LogP contribution is -2.45. The molecule has 0 spiro atoms. The Bertz CT molecular complexity index is 781. The van der Waals surface area contributed by atoms with E-state index in [1.54, 1.807) is 6.07 Å². The predicted octanol–water partition coefficient (Wildman–Crippen LogP) is 3.70. The predicted molar refractivity (Wildman–Crippen MR) is 99.5 cm³/mol. The molecular weight excluding hydrogens is 333 g/mol. The molecule has 5 nitrogen and oxygen atoms in total. The Morgan fingerprint density at radius 3 is 2.85 bits per heavy atom. The van der Waals surface area contributed by atoms with Crippen molar-refractivity contribution in [1.82, 2.24) is 14.9 Å². The fourth-order valence-corrected chi connectivity index (χ4v) is 4.07. The Morgan fingerprint density at radius 1 is 1.38 bits per heavy atom. The average Bonchev–Trinajstić information content (AvgIpc) is 2.89. The lowest BCUT2D eigenvalue weighted by molar-refractivity contribution is -0.139. The van der Waals surface area contributed by atoms with Gasteiger partial charge in [0.1, 0.15) is 11.6 Å². The summed E-state index contributed by atoms with van der Waals surface area (Å²) < 4.78 is 13.4. The lowest BCUT2D eigenvalue weighted by atomic mass is 9.80. The number of fused-ring (bicyclic) bond motifs is 1. The largest absolute Gasteiger partial charge is 0.481 e. The molecular formula is C20H28FN3O2. The van der Waals surface area contributed by atoms with E-state index in [2.05, 4.69) is 35.6 Å². The molecule has 0 aliphatic carbocycles. The fourth-order valence-electron chi connectivity index (χ4n) is 4.07. The maximum Gasteiger partial charge on any atom is 0.303 e. The van der Waals surface area contributed by atoms with Gasteiger partial charge in [0.2, 0.25) is 0 Å². The van der Waals surface area contributed by atoms with E-state index >= 15 is 0 Å². The van der Waals surface area contributed by atoms with E-state index in [1.165, 1.54) is 12.1 Å². The number of hydrogen-bond acceptors (Lipinski definition) is 3. The van der Waals surface area contributed by atoms with Crippen molar-refractivity contribution in [3.8, 4) is 0 Å². The van der Waals surface area contributed by atoms with Crippen molar-refractivity contribution in [1.29, 1.82) is 0 Å². The van der Waals surface area contributed by atoms with E-state index in [-0.39, 0.29) is 29.5 Å². The second-order valence-electron chi connectivity index (χ2n) is 8.75. The first-order chi connectivity index (χ1) is 12.2. The Kier molecular flexibility index (Phi) is 5.32. The van der Waals surface area contributed by atoms with Gasteiger partial charge in [-0.25, -0.2) is 9.37 Å². The molecule has 1 fully saturated rings. The number of nitrogens with zero attached hydrogens (tertiary/aromatic N) is 2. The molecule has 1 aliphatic heterocycles. The van der Waals surface area contributed by atoms with Crippen LogP contribution < -0.4 is 0 Å². The van der Waals surface area contributed by atoms with Gasteiger partial charge in [-0.2, -0.15) is 0 Å². The highest BCUT2D eigenvalue weighted by Gasteiger charge is 2.32. The normalized spacial score (nSPS) is 22.0. The summed E-state index contributed by atoms with van der Waals surface area (Å²) in [6.07, 6.45) is 1.78. The third-order valence-corrected chi connectivity index (χ3v) is 5.06. The van der Waals surface area contributed by atoms with Crippen molar-refractivity contribution in [2.75, 3.05) is 19.6 Å². The monoisotopic (exact) mass is 361 g/mol. The molecule has 0 bridgehead atoms. The van der Waals surface area contributed by atoms with Crippen LogP contribution in [0.3, 0.4) is 0 Å². The third-order valence-electron chi connectivity index (χ3n) is 5.06. The number of aromatic amines is 1. The number of carboxylic acid groups (broad SMARTS) is 1. The number of piperidine rings is 1. The molecule has 1 aromatic carbocycles. The number of carboxylic acids is 1. The molecule has 6 heteroatoms. The Hall–Kier alpha value is -1.95. The number of likely N-dealkylation sites (tertiary alicyclic amines) is 1. The Labute approximate surface area is 153 Å². The minimum atomic E-state index is -0.740. The first-order valence-electron chi connectivity index (χ1n) is 9.28. The SMILES string of the molecule is CC(C)(C)CN1CC[C@@H](CC(=O)O)[C@@H](Cc2nc3ccc(F)cc3[nH]2)C1. The summed E-state index contributed by atoms with van der Waals surface area (Å²) in [5.41, 5.74) is 1.65. The van der Waals surface area contributed by atoms with E-state index in [9.17, 15) is 14.3 Å². The number of halogens is 1. The zero-order valence-corrected chi connectivity index (χ0v) is 15.8. The van der Waals surface area contributed by atoms with Crippen molar-refractivity contribution in [2.24, 2.45) is 17.3 Å². The summed E-state index contributed by atoms with van der Waals surface area (Å²) in [4.78, 5) is 21.5. The van der Waals surface area contributed by atoms with Crippen LogP contribution in [0, 0.1) is 23.1 Å². The van der Waals surface area contributed by atoms with Crippen molar-refractivity contribution in [3.05, 3.63) is 29.8 Å². The molecule has 0 radical (unpaired) electrons. The van der Waals surface area contributed by atoms with Gasteiger partial charge in [-0.1, -0.05) is 20.8 Å². The molecule has 2 aromatic rings.